The minimum Gasteiger partial charge on any atom is -0.356 e. The summed E-state index contributed by atoms with van der Waals surface area (Å²) in [6.07, 6.45) is 2.90. The minimum absolute atomic E-state index is 0.170. The van der Waals surface area contributed by atoms with Crippen LogP contribution in [-0.2, 0) is 0 Å². The Labute approximate surface area is 150 Å². The van der Waals surface area contributed by atoms with Gasteiger partial charge in [-0.2, -0.15) is 0 Å². The van der Waals surface area contributed by atoms with Crippen LogP contribution in [0, 0.1) is 0 Å². The Morgan fingerprint density at radius 3 is 2.83 bits per heavy atom. The van der Waals surface area contributed by atoms with E-state index in [1.807, 2.05) is 35.8 Å². The van der Waals surface area contributed by atoms with E-state index in [9.17, 15) is 0 Å². The summed E-state index contributed by atoms with van der Waals surface area (Å²) in [5.74, 6) is 1.86. The third-order valence-corrected chi connectivity index (χ3v) is 5.50. The van der Waals surface area contributed by atoms with Gasteiger partial charge in [-0.1, -0.05) is 35.5 Å². The predicted molar refractivity (Wildman–Crippen MR) is 102 cm³/mol. The van der Waals surface area contributed by atoms with E-state index in [4.69, 9.17) is 11.6 Å². The van der Waals surface area contributed by atoms with Crippen molar-refractivity contribution in [2.75, 3.05) is 19.3 Å². The van der Waals surface area contributed by atoms with Crippen LogP contribution in [0.3, 0.4) is 0 Å². The molecule has 0 radical (unpaired) electrons. The maximum atomic E-state index is 5.92. The standard InChI is InChI=1S/C16H21ClN4S2/c1-12(13-4-6-14(17)7-5-13)21-15(18-2)19-8-3-10-22-16-20-9-11-23-16/h4-7,9,11-12H,3,8,10H2,1-2H3,(H2,18,19,21). The highest BCUT2D eigenvalue weighted by Crippen LogP contribution is 2.20. The fourth-order valence-electron chi connectivity index (χ4n) is 1.95. The van der Waals surface area contributed by atoms with E-state index in [-0.39, 0.29) is 6.04 Å². The van der Waals surface area contributed by atoms with Gasteiger partial charge in [0.05, 0.1) is 6.04 Å². The molecule has 1 aromatic heterocycles. The summed E-state index contributed by atoms with van der Waals surface area (Å²) in [5, 5.41) is 9.49. The minimum atomic E-state index is 0.170. The number of benzene rings is 1. The van der Waals surface area contributed by atoms with E-state index >= 15 is 0 Å². The van der Waals surface area contributed by atoms with E-state index in [2.05, 4.69) is 27.5 Å². The van der Waals surface area contributed by atoms with Crippen LogP contribution in [0.25, 0.3) is 0 Å². The van der Waals surface area contributed by atoms with Crippen molar-refractivity contribution in [2.45, 2.75) is 23.7 Å². The zero-order valence-corrected chi connectivity index (χ0v) is 15.6. The molecule has 2 aromatic rings. The van der Waals surface area contributed by atoms with Gasteiger partial charge in [-0.05, 0) is 31.0 Å². The molecule has 0 spiro atoms. The molecule has 0 aliphatic rings. The van der Waals surface area contributed by atoms with Crippen LogP contribution in [-0.4, -0.2) is 30.3 Å². The van der Waals surface area contributed by atoms with Crippen LogP contribution in [0.2, 0.25) is 5.02 Å². The van der Waals surface area contributed by atoms with Crippen molar-refractivity contribution in [3.05, 3.63) is 46.4 Å². The van der Waals surface area contributed by atoms with E-state index in [1.54, 1.807) is 30.1 Å². The van der Waals surface area contributed by atoms with Crippen molar-refractivity contribution in [3.63, 3.8) is 0 Å². The van der Waals surface area contributed by atoms with Crippen molar-refractivity contribution in [1.29, 1.82) is 0 Å². The smallest absolute Gasteiger partial charge is 0.191 e. The Bertz CT molecular complexity index is 599. The van der Waals surface area contributed by atoms with Gasteiger partial charge in [0.15, 0.2) is 5.96 Å². The molecule has 124 valence electrons. The Kier molecular flexibility index (Phi) is 7.71. The molecule has 1 aromatic carbocycles. The lowest BCUT2D eigenvalue weighted by Crippen LogP contribution is -2.39. The first-order valence-electron chi connectivity index (χ1n) is 7.44. The normalized spacial score (nSPS) is 12.9. The van der Waals surface area contributed by atoms with Gasteiger partial charge in [0.2, 0.25) is 0 Å². The second-order valence-electron chi connectivity index (χ2n) is 4.92. The second kappa shape index (κ2) is 9.80. The third kappa shape index (κ3) is 6.41. The average Bonchev–Trinajstić information content (AvgIpc) is 3.07. The highest BCUT2D eigenvalue weighted by molar-refractivity contribution is 8.00. The van der Waals surface area contributed by atoms with Gasteiger partial charge >= 0.3 is 0 Å². The largest absolute Gasteiger partial charge is 0.356 e. The highest BCUT2D eigenvalue weighted by Gasteiger charge is 2.07. The topological polar surface area (TPSA) is 49.3 Å². The molecule has 1 heterocycles. The number of halogens is 1. The second-order valence-corrected chi connectivity index (χ2v) is 7.59. The van der Waals surface area contributed by atoms with Crippen molar-refractivity contribution in [3.8, 4) is 0 Å². The van der Waals surface area contributed by atoms with Crippen molar-refractivity contribution in [1.82, 2.24) is 15.6 Å². The Balaban J connectivity index is 1.69. The van der Waals surface area contributed by atoms with Gasteiger partial charge in [-0.25, -0.2) is 4.98 Å². The Hall–Kier alpha value is -1.24. The van der Waals surface area contributed by atoms with E-state index in [1.165, 1.54) is 5.56 Å². The summed E-state index contributed by atoms with van der Waals surface area (Å²) < 4.78 is 1.13. The molecule has 2 N–H and O–H groups in total. The molecule has 0 aliphatic carbocycles. The van der Waals surface area contributed by atoms with Gasteiger partial charge in [0.1, 0.15) is 4.34 Å². The summed E-state index contributed by atoms with van der Waals surface area (Å²) in [6.45, 7) is 2.99. The molecule has 0 bridgehead atoms. The van der Waals surface area contributed by atoms with Gasteiger partial charge in [-0.15, -0.1) is 11.3 Å². The zero-order valence-electron chi connectivity index (χ0n) is 13.3. The lowest BCUT2D eigenvalue weighted by Gasteiger charge is -2.18. The summed E-state index contributed by atoms with van der Waals surface area (Å²) in [7, 11) is 1.79. The number of aromatic nitrogens is 1. The van der Waals surface area contributed by atoms with Crippen LogP contribution >= 0.6 is 34.7 Å². The molecule has 4 nitrogen and oxygen atoms in total. The number of nitrogens with one attached hydrogen (secondary N) is 2. The monoisotopic (exact) mass is 368 g/mol. The highest BCUT2D eigenvalue weighted by atomic mass is 35.5. The molecule has 0 fully saturated rings. The maximum absolute atomic E-state index is 5.92. The SMILES string of the molecule is CN=C(NCCCSc1nccs1)NC(C)c1ccc(Cl)cc1. The van der Waals surface area contributed by atoms with Crippen molar-refractivity contribution >= 4 is 40.7 Å². The molecule has 0 amide bonds. The van der Waals surface area contributed by atoms with E-state index in [0.717, 1.165) is 34.0 Å². The number of hydrogen-bond donors (Lipinski definition) is 2. The zero-order chi connectivity index (χ0) is 16.5. The lowest BCUT2D eigenvalue weighted by atomic mass is 10.1. The first-order chi connectivity index (χ1) is 11.2. The first-order valence-corrected chi connectivity index (χ1v) is 9.68. The Morgan fingerprint density at radius 2 is 2.17 bits per heavy atom. The van der Waals surface area contributed by atoms with Crippen molar-refractivity contribution < 1.29 is 0 Å². The van der Waals surface area contributed by atoms with Crippen LogP contribution in [0.4, 0.5) is 0 Å². The summed E-state index contributed by atoms with van der Waals surface area (Å²) in [4.78, 5) is 8.53. The molecule has 1 atom stereocenters. The van der Waals surface area contributed by atoms with Gasteiger partial charge in [0, 0.05) is 35.9 Å². The quantitative estimate of drug-likeness (QED) is 0.333. The lowest BCUT2D eigenvalue weighted by molar-refractivity contribution is 0.682. The summed E-state index contributed by atoms with van der Waals surface area (Å²) >= 11 is 9.40. The van der Waals surface area contributed by atoms with Crippen LogP contribution in [0.15, 0.2) is 45.2 Å². The number of hydrogen-bond acceptors (Lipinski definition) is 4. The molecule has 2 rings (SSSR count). The van der Waals surface area contributed by atoms with Crippen LogP contribution in [0.5, 0.6) is 0 Å². The fourth-order valence-corrected chi connectivity index (χ4v) is 3.73. The number of nitrogens with zero attached hydrogens (tertiary/aromatic N) is 2. The molecule has 23 heavy (non-hydrogen) atoms. The number of thioether (sulfide) groups is 1. The van der Waals surface area contributed by atoms with Gasteiger partial charge in [-0.3, -0.25) is 4.99 Å². The number of rotatable bonds is 7. The molecule has 7 heteroatoms. The third-order valence-electron chi connectivity index (χ3n) is 3.20. The summed E-state index contributed by atoms with van der Waals surface area (Å²) in [5.41, 5.74) is 1.18. The Morgan fingerprint density at radius 1 is 1.39 bits per heavy atom. The van der Waals surface area contributed by atoms with Gasteiger partial charge in [0.25, 0.3) is 0 Å². The average molecular weight is 369 g/mol. The van der Waals surface area contributed by atoms with Crippen LogP contribution < -0.4 is 10.6 Å². The first kappa shape index (κ1) is 18.1. The summed E-state index contributed by atoms with van der Waals surface area (Å²) in [6, 6.07) is 8.03. The number of aliphatic imine (C=N–C) groups is 1. The molecule has 0 saturated heterocycles. The van der Waals surface area contributed by atoms with Crippen LogP contribution in [0.1, 0.15) is 24.9 Å². The van der Waals surface area contributed by atoms with Gasteiger partial charge < -0.3 is 10.6 Å². The van der Waals surface area contributed by atoms with E-state index in [0.29, 0.717) is 0 Å². The molecule has 0 saturated carbocycles. The molecular weight excluding hydrogens is 348 g/mol. The molecule has 0 aliphatic heterocycles. The fraction of sp³-hybridized carbons (Fsp3) is 0.375. The molecule has 1 unspecified atom stereocenters. The number of thiazole rings is 1. The predicted octanol–water partition coefficient (Wildman–Crippen LogP) is 4.20. The van der Waals surface area contributed by atoms with E-state index < -0.39 is 0 Å². The number of guanidine groups is 1. The van der Waals surface area contributed by atoms with Crippen molar-refractivity contribution in [2.24, 2.45) is 4.99 Å². The molecular formula is C16H21ClN4S2. The maximum Gasteiger partial charge on any atom is 0.191 e.